The van der Waals surface area contributed by atoms with Gasteiger partial charge in [-0.2, -0.15) is 0 Å². The number of rotatable bonds is 3. The molecule has 5 heteroatoms. The summed E-state index contributed by atoms with van der Waals surface area (Å²) < 4.78 is 5.19. The van der Waals surface area contributed by atoms with Gasteiger partial charge in [-0.15, -0.1) is 0 Å². The lowest BCUT2D eigenvalue weighted by atomic mass is 9.89. The van der Waals surface area contributed by atoms with E-state index in [1.54, 1.807) is 0 Å². The molecule has 0 aliphatic carbocycles. The van der Waals surface area contributed by atoms with Crippen LogP contribution in [-0.4, -0.2) is 30.7 Å². The highest BCUT2D eigenvalue weighted by molar-refractivity contribution is 5.83. The van der Waals surface area contributed by atoms with E-state index in [1.807, 2.05) is 41.5 Å². The van der Waals surface area contributed by atoms with Crippen LogP contribution in [0, 0.1) is 5.41 Å². The molecular weight excluding hydrogens is 232 g/mol. The number of hydrogen-bond donors (Lipinski definition) is 2. The molecule has 0 aliphatic rings. The summed E-state index contributed by atoms with van der Waals surface area (Å²) in [5.41, 5.74) is -0.481. The first-order valence-electron chi connectivity index (χ1n) is 6.15. The monoisotopic (exact) mass is 258 g/mol. The molecule has 18 heavy (non-hydrogen) atoms. The van der Waals surface area contributed by atoms with Gasteiger partial charge in [0.25, 0.3) is 5.91 Å². The van der Waals surface area contributed by atoms with Gasteiger partial charge in [0.05, 0.1) is 0 Å². The molecular formula is C13H26N2O3. The Balaban J connectivity index is 4.61. The first-order chi connectivity index (χ1) is 7.94. The Morgan fingerprint density at radius 1 is 1.11 bits per heavy atom. The van der Waals surface area contributed by atoms with Crippen molar-refractivity contribution in [3.05, 3.63) is 0 Å². The van der Waals surface area contributed by atoms with Crippen molar-refractivity contribution in [2.75, 3.05) is 7.05 Å². The van der Waals surface area contributed by atoms with E-state index in [9.17, 15) is 9.59 Å². The van der Waals surface area contributed by atoms with Crippen LogP contribution in [0.5, 0.6) is 0 Å². The summed E-state index contributed by atoms with van der Waals surface area (Å²) >= 11 is 0. The van der Waals surface area contributed by atoms with Gasteiger partial charge < -0.3 is 15.4 Å². The fourth-order valence-electron chi connectivity index (χ4n) is 1.37. The van der Waals surface area contributed by atoms with Crippen LogP contribution in [0.1, 0.15) is 48.0 Å². The lowest BCUT2D eigenvalue weighted by molar-refractivity contribution is -0.130. The third-order valence-electron chi connectivity index (χ3n) is 2.06. The van der Waals surface area contributed by atoms with Crippen LogP contribution in [0.3, 0.4) is 0 Å². The largest absolute Gasteiger partial charge is 0.436 e. The number of nitrogens with one attached hydrogen (secondary N) is 2. The second-order valence-electron chi connectivity index (χ2n) is 6.65. The molecule has 0 spiro atoms. The minimum Gasteiger partial charge on any atom is -0.436 e. The smallest absolute Gasteiger partial charge is 0.408 e. The van der Waals surface area contributed by atoms with Crippen LogP contribution in [0.4, 0.5) is 4.79 Å². The quantitative estimate of drug-likeness (QED) is 0.814. The molecule has 1 unspecified atom stereocenters. The first kappa shape index (κ1) is 16.7. The summed E-state index contributed by atoms with van der Waals surface area (Å²) in [6.45, 7) is 11.5. The lowest BCUT2D eigenvalue weighted by Crippen LogP contribution is -2.45. The Morgan fingerprint density at radius 3 is 1.94 bits per heavy atom. The van der Waals surface area contributed by atoms with Crippen LogP contribution in [-0.2, 0) is 9.53 Å². The molecule has 5 nitrogen and oxygen atoms in total. The predicted octanol–water partition coefficient (Wildman–Crippen LogP) is 2.06. The standard InChI is InChI=1S/C13H26N2O3/c1-12(2,3)8-9(10(16)14-7)18-11(17)15-13(4,5)6/h9H,8H2,1-7H3,(H,14,16)(H,15,17). The maximum absolute atomic E-state index is 11.7. The molecule has 0 saturated heterocycles. The Bertz CT molecular complexity index is 300. The van der Waals surface area contributed by atoms with Crippen molar-refractivity contribution in [3.63, 3.8) is 0 Å². The van der Waals surface area contributed by atoms with Gasteiger partial charge in [0.15, 0.2) is 6.10 Å². The van der Waals surface area contributed by atoms with Gasteiger partial charge in [-0.1, -0.05) is 20.8 Å². The minimum atomic E-state index is -0.766. The van der Waals surface area contributed by atoms with Crippen LogP contribution in [0.2, 0.25) is 0 Å². The Morgan fingerprint density at radius 2 is 1.61 bits per heavy atom. The summed E-state index contributed by atoms with van der Waals surface area (Å²) in [6, 6.07) is 0. The molecule has 0 aliphatic heterocycles. The van der Waals surface area contributed by atoms with Crippen LogP contribution < -0.4 is 10.6 Å². The van der Waals surface area contributed by atoms with Gasteiger partial charge in [0.1, 0.15) is 0 Å². The first-order valence-corrected chi connectivity index (χ1v) is 6.15. The zero-order chi connectivity index (χ0) is 14.6. The van der Waals surface area contributed by atoms with Crippen LogP contribution in [0.25, 0.3) is 0 Å². The Labute approximate surface area is 110 Å². The van der Waals surface area contributed by atoms with Crippen molar-refractivity contribution < 1.29 is 14.3 Å². The Hall–Kier alpha value is -1.26. The van der Waals surface area contributed by atoms with Gasteiger partial charge in [0.2, 0.25) is 0 Å². The number of likely N-dealkylation sites (N-methyl/N-ethyl adjacent to an activating group) is 1. The van der Waals surface area contributed by atoms with Gasteiger partial charge in [-0.05, 0) is 32.6 Å². The summed E-state index contributed by atoms with van der Waals surface area (Å²) in [6.07, 6.45) is -0.859. The molecule has 106 valence electrons. The molecule has 0 aromatic carbocycles. The molecule has 0 rings (SSSR count). The zero-order valence-corrected chi connectivity index (χ0v) is 12.5. The predicted molar refractivity (Wildman–Crippen MR) is 71.3 cm³/mol. The maximum Gasteiger partial charge on any atom is 0.408 e. The zero-order valence-electron chi connectivity index (χ0n) is 12.5. The molecule has 0 saturated carbocycles. The summed E-state index contributed by atoms with van der Waals surface area (Å²) in [5.74, 6) is -0.283. The maximum atomic E-state index is 11.7. The molecule has 1 atom stereocenters. The van der Waals surface area contributed by atoms with E-state index in [4.69, 9.17) is 4.74 Å². The molecule has 0 heterocycles. The fourth-order valence-corrected chi connectivity index (χ4v) is 1.37. The second kappa shape index (κ2) is 6.07. The molecule has 2 amide bonds. The molecule has 0 aromatic heterocycles. The third kappa shape index (κ3) is 7.92. The van der Waals surface area contributed by atoms with Crippen molar-refractivity contribution in [1.82, 2.24) is 10.6 Å². The summed E-state index contributed by atoms with van der Waals surface area (Å²) in [4.78, 5) is 23.3. The van der Waals surface area contributed by atoms with E-state index in [-0.39, 0.29) is 16.9 Å². The normalized spacial score (nSPS) is 13.7. The number of carbonyl (C=O) groups is 2. The van der Waals surface area contributed by atoms with Gasteiger partial charge in [-0.3, -0.25) is 4.79 Å². The van der Waals surface area contributed by atoms with Crippen molar-refractivity contribution in [2.45, 2.75) is 59.6 Å². The van der Waals surface area contributed by atoms with E-state index in [0.717, 1.165) is 0 Å². The number of amides is 2. The number of hydrogen-bond acceptors (Lipinski definition) is 3. The average molecular weight is 258 g/mol. The van der Waals surface area contributed by atoms with Crippen molar-refractivity contribution >= 4 is 12.0 Å². The highest BCUT2D eigenvalue weighted by Crippen LogP contribution is 2.22. The van der Waals surface area contributed by atoms with Crippen LogP contribution >= 0.6 is 0 Å². The molecule has 0 fully saturated rings. The minimum absolute atomic E-state index is 0.0980. The van der Waals surface area contributed by atoms with Gasteiger partial charge in [0, 0.05) is 12.6 Å². The molecule has 2 N–H and O–H groups in total. The van der Waals surface area contributed by atoms with E-state index < -0.39 is 12.2 Å². The number of alkyl carbamates (subject to hydrolysis) is 1. The van der Waals surface area contributed by atoms with E-state index in [2.05, 4.69) is 10.6 Å². The lowest BCUT2D eigenvalue weighted by Gasteiger charge is -2.27. The van der Waals surface area contributed by atoms with Crippen LogP contribution in [0.15, 0.2) is 0 Å². The summed E-state index contributed by atoms with van der Waals surface area (Å²) in [7, 11) is 1.53. The van der Waals surface area contributed by atoms with E-state index in [1.165, 1.54) is 7.05 Å². The fraction of sp³-hybridized carbons (Fsp3) is 0.846. The van der Waals surface area contributed by atoms with Crippen molar-refractivity contribution in [1.29, 1.82) is 0 Å². The highest BCUT2D eigenvalue weighted by atomic mass is 16.6. The number of ether oxygens (including phenoxy) is 1. The molecule has 0 bridgehead atoms. The average Bonchev–Trinajstić information content (AvgIpc) is 2.10. The SMILES string of the molecule is CNC(=O)C(CC(C)(C)C)OC(=O)NC(C)(C)C. The van der Waals surface area contributed by atoms with Crippen molar-refractivity contribution in [3.8, 4) is 0 Å². The molecule has 0 radical (unpaired) electrons. The second-order valence-corrected chi connectivity index (χ2v) is 6.65. The third-order valence-corrected chi connectivity index (χ3v) is 2.06. The number of carbonyl (C=O) groups excluding carboxylic acids is 2. The molecule has 0 aromatic rings. The summed E-state index contributed by atoms with van der Waals surface area (Å²) in [5, 5.41) is 5.19. The van der Waals surface area contributed by atoms with Gasteiger partial charge in [-0.25, -0.2) is 4.79 Å². The topological polar surface area (TPSA) is 67.4 Å². The highest BCUT2D eigenvalue weighted by Gasteiger charge is 2.28. The van der Waals surface area contributed by atoms with Crippen molar-refractivity contribution in [2.24, 2.45) is 5.41 Å². The van der Waals surface area contributed by atoms with Gasteiger partial charge >= 0.3 is 6.09 Å². The van der Waals surface area contributed by atoms with E-state index >= 15 is 0 Å². The Kier molecular flexibility index (Phi) is 5.64. The van der Waals surface area contributed by atoms with E-state index in [0.29, 0.717) is 6.42 Å².